The minimum atomic E-state index is -0.669. The molecule has 5 saturated heterocycles. The van der Waals surface area contributed by atoms with E-state index in [-0.39, 0.29) is 53.5 Å². The average Bonchev–Trinajstić information content (AvgIpc) is 4.05. The van der Waals surface area contributed by atoms with Gasteiger partial charge >= 0.3 is 0 Å². The summed E-state index contributed by atoms with van der Waals surface area (Å²) in [7, 11) is 0. The lowest BCUT2D eigenvalue weighted by atomic mass is 9.73. The Morgan fingerprint density at radius 1 is 0.806 bits per heavy atom. The van der Waals surface area contributed by atoms with Crippen molar-refractivity contribution in [2.75, 3.05) is 67.5 Å². The van der Waals surface area contributed by atoms with Crippen LogP contribution in [-0.4, -0.2) is 134 Å². The van der Waals surface area contributed by atoms with Crippen LogP contribution in [0.1, 0.15) is 140 Å². The molecule has 1 atom stereocenters. The molecule has 6 aliphatic heterocycles. The number of hydrogen-bond donors (Lipinski definition) is 2. The van der Waals surface area contributed by atoms with E-state index in [9.17, 15) is 19.2 Å². The van der Waals surface area contributed by atoms with Crippen LogP contribution in [0.3, 0.4) is 0 Å². The van der Waals surface area contributed by atoms with E-state index < -0.39 is 5.41 Å². The molecule has 12 rings (SSSR count). The van der Waals surface area contributed by atoms with Gasteiger partial charge in [0.25, 0.3) is 0 Å². The number of hydrogen-bond acceptors (Lipinski definition) is 11. The van der Waals surface area contributed by atoms with Crippen molar-refractivity contribution in [3.8, 4) is 11.3 Å². The highest BCUT2D eigenvalue weighted by atomic mass is 16.2. The maximum absolute atomic E-state index is 15.2. The Morgan fingerprint density at radius 2 is 1.57 bits per heavy atom. The number of pyridine rings is 2. The third kappa shape index (κ3) is 8.82. The van der Waals surface area contributed by atoms with E-state index >= 15 is 4.79 Å². The van der Waals surface area contributed by atoms with Crippen molar-refractivity contribution in [3.63, 3.8) is 0 Å². The van der Waals surface area contributed by atoms with E-state index in [2.05, 4.69) is 73.0 Å². The molecule has 380 valence electrons. The molecule has 8 aliphatic rings. The molecule has 5 amide bonds. The number of carbonyl (C=O) groups excluding carboxylic acids is 5. The molecule has 0 radical (unpaired) electrons. The van der Waals surface area contributed by atoms with E-state index in [1.807, 2.05) is 28.3 Å². The van der Waals surface area contributed by atoms with Crippen LogP contribution in [-0.2, 0) is 29.4 Å². The molecule has 1 spiro atoms. The van der Waals surface area contributed by atoms with Crippen LogP contribution in [0.5, 0.6) is 0 Å². The standard InChI is InChI=1S/C56H71N11O5/c1-35(2)66-34-58-46-32-45(60-52(51(46)66)59-40-8-9-40)38-6-11-44-47(29-38)67(42-30-41(31-42)62-20-4-3-5-21-62)55(72)56(44)18-26-65(27-19-56)54(71)37-16-24-64(25-17-37)50(69)28-36-14-22-63(23-15-36)48-12-7-39(33-57-48)43-10-13-49(68)61-53(43)70/h6-7,11-12,29,32-37,40-43H,3-5,8-10,13-28,30-31H2,1-2H3,(H,59,60)(H,61,68,70)/t41?,42?,43-/m1/s1. The number of piperidine rings is 5. The largest absolute Gasteiger partial charge is 0.366 e. The maximum Gasteiger partial charge on any atom is 0.238 e. The lowest BCUT2D eigenvalue weighted by Gasteiger charge is -2.48. The van der Waals surface area contributed by atoms with E-state index in [0.717, 1.165) is 115 Å². The summed E-state index contributed by atoms with van der Waals surface area (Å²) >= 11 is 0. The predicted molar refractivity (Wildman–Crippen MR) is 275 cm³/mol. The summed E-state index contributed by atoms with van der Waals surface area (Å²) < 4.78 is 2.20. The molecule has 1 aromatic carbocycles. The second kappa shape index (κ2) is 19.2. The number of amides is 5. The van der Waals surface area contributed by atoms with Crippen LogP contribution < -0.4 is 20.4 Å². The molecule has 4 aromatic rings. The minimum absolute atomic E-state index is 0.122. The number of likely N-dealkylation sites (tertiary alicyclic amines) is 3. The molecule has 16 heteroatoms. The van der Waals surface area contributed by atoms with Gasteiger partial charge in [-0.1, -0.05) is 24.6 Å². The van der Waals surface area contributed by atoms with E-state index in [4.69, 9.17) is 9.97 Å². The lowest BCUT2D eigenvalue weighted by molar-refractivity contribution is -0.143. The first kappa shape index (κ1) is 47.1. The number of anilines is 3. The number of rotatable bonds is 11. The fourth-order valence-corrected chi connectivity index (χ4v) is 13.4. The monoisotopic (exact) mass is 978 g/mol. The summed E-state index contributed by atoms with van der Waals surface area (Å²) in [4.78, 5) is 92.9. The first-order valence-corrected chi connectivity index (χ1v) is 27.5. The molecule has 72 heavy (non-hydrogen) atoms. The molecular formula is C56H71N11O5. The van der Waals surface area contributed by atoms with Crippen molar-refractivity contribution in [1.82, 2.24) is 39.5 Å². The summed E-state index contributed by atoms with van der Waals surface area (Å²) in [6.45, 7) is 10.6. The predicted octanol–water partition coefficient (Wildman–Crippen LogP) is 6.94. The van der Waals surface area contributed by atoms with Gasteiger partial charge in [-0.15, -0.1) is 0 Å². The Hall–Kier alpha value is -5.90. The van der Waals surface area contributed by atoms with Gasteiger partial charge in [0.15, 0.2) is 5.82 Å². The molecule has 2 N–H and O–H groups in total. The Labute approximate surface area is 422 Å². The van der Waals surface area contributed by atoms with Gasteiger partial charge in [-0.25, -0.2) is 15.0 Å². The molecule has 3 aromatic heterocycles. The van der Waals surface area contributed by atoms with Crippen LogP contribution in [0.4, 0.5) is 17.3 Å². The Balaban J connectivity index is 0.679. The van der Waals surface area contributed by atoms with Crippen molar-refractivity contribution in [2.24, 2.45) is 11.8 Å². The van der Waals surface area contributed by atoms with Crippen LogP contribution in [0.25, 0.3) is 22.3 Å². The van der Waals surface area contributed by atoms with Crippen LogP contribution in [0.15, 0.2) is 48.9 Å². The highest BCUT2D eigenvalue weighted by Gasteiger charge is 2.56. The molecule has 7 fully saturated rings. The van der Waals surface area contributed by atoms with Crippen molar-refractivity contribution in [1.29, 1.82) is 0 Å². The maximum atomic E-state index is 15.2. The zero-order chi connectivity index (χ0) is 49.3. The number of benzene rings is 1. The van der Waals surface area contributed by atoms with Crippen molar-refractivity contribution in [3.05, 3.63) is 60.0 Å². The Morgan fingerprint density at radius 3 is 2.26 bits per heavy atom. The van der Waals surface area contributed by atoms with E-state index in [0.29, 0.717) is 89.1 Å². The topological polar surface area (TPSA) is 169 Å². The third-order valence-corrected chi connectivity index (χ3v) is 18.0. The van der Waals surface area contributed by atoms with Crippen molar-refractivity contribution < 1.29 is 24.0 Å². The van der Waals surface area contributed by atoms with Gasteiger partial charge in [0.2, 0.25) is 29.5 Å². The lowest BCUT2D eigenvalue weighted by Crippen LogP contribution is -2.58. The highest BCUT2D eigenvalue weighted by molar-refractivity contribution is 6.09. The second-order valence-electron chi connectivity index (χ2n) is 22.8. The van der Waals surface area contributed by atoms with Gasteiger partial charge < -0.3 is 34.4 Å². The first-order valence-electron chi connectivity index (χ1n) is 27.5. The fourth-order valence-electron chi connectivity index (χ4n) is 13.4. The molecule has 16 nitrogen and oxygen atoms in total. The normalized spacial score (nSPS) is 25.3. The van der Waals surface area contributed by atoms with Gasteiger partial charge in [-0.05, 0) is 146 Å². The van der Waals surface area contributed by atoms with Gasteiger partial charge in [-0.2, -0.15) is 0 Å². The highest BCUT2D eigenvalue weighted by Crippen LogP contribution is 2.52. The van der Waals surface area contributed by atoms with Crippen LogP contribution in [0.2, 0.25) is 0 Å². The third-order valence-electron chi connectivity index (χ3n) is 18.0. The quantitative estimate of drug-likeness (QED) is 0.150. The molecular weight excluding hydrogens is 907 g/mol. The van der Waals surface area contributed by atoms with Crippen LogP contribution in [0, 0.1) is 11.8 Å². The van der Waals surface area contributed by atoms with E-state index in [1.165, 1.54) is 19.3 Å². The fraction of sp³-hybridized carbons (Fsp3) is 0.607. The zero-order valence-corrected chi connectivity index (χ0v) is 42.2. The number of imidazole rings is 1. The molecule has 0 bridgehead atoms. The number of nitrogens with zero attached hydrogens (tertiary/aromatic N) is 9. The minimum Gasteiger partial charge on any atom is -0.366 e. The first-order chi connectivity index (χ1) is 35.0. The second-order valence-corrected chi connectivity index (χ2v) is 22.8. The molecule has 2 aliphatic carbocycles. The number of fused-ring (bicyclic) bond motifs is 3. The number of nitrogens with one attached hydrogen (secondary N) is 2. The number of imide groups is 1. The van der Waals surface area contributed by atoms with Gasteiger partial charge in [0.1, 0.15) is 11.3 Å². The smallest absolute Gasteiger partial charge is 0.238 e. The van der Waals surface area contributed by atoms with Crippen molar-refractivity contribution in [2.45, 2.75) is 152 Å². The summed E-state index contributed by atoms with van der Waals surface area (Å²) in [6.07, 6.45) is 17.5. The summed E-state index contributed by atoms with van der Waals surface area (Å²) in [6, 6.07) is 13.9. The van der Waals surface area contributed by atoms with Gasteiger partial charge in [0, 0.05) is 99.6 Å². The molecule has 2 saturated carbocycles. The molecule has 9 heterocycles. The molecule has 0 unspecified atom stereocenters. The Bertz CT molecular complexity index is 2730. The zero-order valence-electron chi connectivity index (χ0n) is 42.2. The van der Waals surface area contributed by atoms with Gasteiger partial charge in [-0.3, -0.25) is 29.3 Å². The van der Waals surface area contributed by atoms with E-state index in [1.54, 1.807) is 6.20 Å². The van der Waals surface area contributed by atoms with Crippen molar-refractivity contribution >= 4 is 57.9 Å². The summed E-state index contributed by atoms with van der Waals surface area (Å²) in [5.74, 6) is 1.64. The number of carbonyl (C=O) groups is 5. The average molecular weight is 978 g/mol. The SMILES string of the molecule is CC(C)n1cnc2cc(-c3ccc4c(c3)N(C3CC(N5CCCCC5)C3)C(=O)C43CCN(C(=O)C4CCN(C(=O)CC5CCN(c6ccc([C@H]7CCC(=O)NC7=O)cn6)CC5)CC4)CC3)nc(NC3CC3)c21. The summed E-state index contributed by atoms with van der Waals surface area (Å²) in [5, 5.41) is 6.14. The van der Waals surface area contributed by atoms with Crippen LogP contribution >= 0.6 is 0 Å². The summed E-state index contributed by atoms with van der Waals surface area (Å²) in [5.41, 5.74) is 6.07. The number of aromatic nitrogens is 4. The van der Waals surface area contributed by atoms with Gasteiger partial charge in [0.05, 0.1) is 28.9 Å². The Kier molecular flexibility index (Phi) is 12.6.